The van der Waals surface area contributed by atoms with E-state index in [0.717, 1.165) is 24.5 Å². The molecule has 1 aromatic rings. The highest BCUT2D eigenvalue weighted by molar-refractivity contribution is 7.89. The summed E-state index contributed by atoms with van der Waals surface area (Å²) >= 11 is 0. The quantitative estimate of drug-likeness (QED) is 0.725. The number of aryl methyl sites for hydroxylation is 1. The lowest BCUT2D eigenvalue weighted by atomic mass is 10.2. The van der Waals surface area contributed by atoms with Crippen molar-refractivity contribution in [2.75, 3.05) is 6.54 Å². The van der Waals surface area contributed by atoms with Gasteiger partial charge < -0.3 is 10.3 Å². The molecule has 102 valence electrons. The molecule has 0 aliphatic heterocycles. The van der Waals surface area contributed by atoms with Crippen LogP contribution in [-0.2, 0) is 23.6 Å². The highest BCUT2D eigenvalue weighted by Crippen LogP contribution is 2.33. The van der Waals surface area contributed by atoms with E-state index in [4.69, 9.17) is 5.73 Å². The Balaban J connectivity index is 1.91. The smallest absolute Gasteiger partial charge is 0.242 e. The Hall–Kier alpha value is -0.850. The monoisotopic (exact) mass is 271 g/mol. The lowest BCUT2D eigenvalue weighted by Crippen LogP contribution is -2.24. The zero-order chi connectivity index (χ0) is 13.2. The molecular weight excluding hydrogens is 250 g/mol. The van der Waals surface area contributed by atoms with Gasteiger partial charge in [-0.25, -0.2) is 13.1 Å². The number of nitrogens with two attached hydrogens (primary N) is 1. The summed E-state index contributed by atoms with van der Waals surface area (Å²) in [6.07, 6.45) is 6.27. The van der Waals surface area contributed by atoms with Crippen LogP contribution in [0.4, 0.5) is 0 Å². The molecule has 0 spiro atoms. The van der Waals surface area contributed by atoms with Crippen molar-refractivity contribution < 1.29 is 8.42 Å². The Morgan fingerprint density at radius 2 is 2.22 bits per heavy atom. The van der Waals surface area contributed by atoms with Crippen LogP contribution in [0.1, 0.15) is 31.4 Å². The summed E-state index contributed by atoms with van der Waals surface area (Å²) < 4.78 is 28.4. The number of sulfonamides is 1. The van der Waals surface area contributed by atoms with Gasteiger partial charge >= 0.3 is 0 Å². The minimum Gasteiger partial charge on any atom is -0.352 e. The van der Waals surface area contributed by atoms with E-state index in [2.05, 4.69) is 4.72 Å². The molecule has 5 nitrogen and oxygen atoms in total. The topological polar surface area (TPSA) is 77.1 Å². The molecule has 1 aliphatic rings. The molecule has 0 saturated heterocycles. The second-order valence-electron chi connectivity index (χ2n) is 4.97. The van der Waals surface area contributed by atoms with Gasteiger partial charge in [-0.1, -0.05) is 12.8 Å². The first kappa shape index (κ1) is 13.6. The molecule has 1 heterocycles. The summed E-state index contributed by atoms with van der Waals surface area (Å²) in [7, 11) is -1.58. The SMILES string of the molecule is Cn1cc(S(=O)(=O)NCCCC2CC2)cc1CN. The van der Waals surface area contributed by atoms with E-state index in [1.165, 1.54) is 12.8 Å². The largest absolute Gasteiger partial charge is 0.352 e. The van der Waals surface area contributed by atoms with Crippen LogP contribution in [0.3, 0.4) is 0 Å². The van der Waals surface area contributed by atoms with Gasteiger partial charge in [-0.2, -0.15) is 0 Å². The number of hydrogen-bond acceptors (Lipinski definition) is 3. The second kappa shape index (κ2) is 5.42. The summed E-state index contributed by atoms with van der Waals surface area (Å²) in [5.74, 6) is 0.843. The van der Waals surface area contributed by atoms with Crippen molar-refractivity contribution in [3.63, 3.8) is 0 Å². The van der Waals surface area contributed by atoms with Crippen molar-refractivity contribution in [1.82, 2.24) is 9.29 Å². The predicted molar refractivity (Wildman–Crippen MR) is 70.5 cm³/mol. The van der Waals surface area contributed by atoms with Gasteiger partial charge in [-0.15, -0.1) is 0 Å². The van der Waals surface area contributed by atoms with E-state index in [-0.39, 0.29) is 0 Å². The fourth-order valence-corrected chi connectivity index (χ4v) is 3.18. The summed E-state index contributed by atoms with van der Waals surface area (Å²) in [5.41, 5.74) is 6.35. The first-order chi connectivity index (χ1) is 8.53. The van der Waals surface area contributed by atoms with E-state index in [1.807, 2.05) is 0 Å². The molecule has 2 rings (SSSR count). The van der Waals surface area contributed by atoms with Crippen molar-refractivity contribution in [1.29, 1.82) is 0 Å². The third kappa shape index (κ3) is 3.34. The molecule has 1 fully saturated rings. The van der Waals surface area contributed by atoms with Crippen molar-refractivity contribution >= 4 is 10.0 Å². The lowest BCUT2D eigenvalue weighted by Gasteiger charge is -2.04. The Morgan fingerprint density at radius 1 is 1.50 bits per heavy atom. The summed E-state index contributed by atoms with van der Waals surface area (Å²) in [6.45, 7) is 0.861. The first-order valence-corrected chi connectivity index (χ1v) is 7.86. The van der Waals surface area contributed by atoms with Crippen molar-refractivity contribution in [3.8, 4) is 0 Å². The molecule has 0 bridgehead atoms. The predicted octanol–water partition coefficient (Wildman–Crippen LogP) is 0.952. The Kier molecular flexibility index (Phi) is 4.09. The zero-order valence-corrected chi connectivity index (χ0v) is 11.5. The fourth-order valence-electron chi connectivity index (χ4n) is 2.01. The molecule has 1 aliphatic carbocycles. The van der Waals surface area contributed by atoms with Crippen molar-refractivity contribution in [2.24, 2.45) is 18.7 Å². The van der Waals surface area contributed by atoms with E-state index in [9.17, 15) is 8.42 Å². The van der Waals surface area contributed by atoms with Gasteiger partial charge in [-0.05, 0) is 24.8 Å². The molecule has 1 saturated carbocycles. The van der Waals surface area contributed by atoms with Crippen LogP contribution in [0.5, 0.6) is 0 Å². The zero-order valence-electron chi connectivity index (χ0n) is 10.7. The fraction of sp³-hybridized carbons (Fsp3) is 0.667. The molecule has 18 heavy (non-hydrogen) atoms. The molecule has 0 unspecified atom stereocenters. The molecule has 0 atom stereocenters. The van der Waals surface area contributed by atoms with E-state index in [1.54, 1.807) is 23.9 Å². The number of nitrogens with one attached hydrogen (secondary N) is 1. The number of hydrogen-bond donors (Lipinski definition) is 2. The summed E-state index contributed by atoms with van der Waals surface area (Å²) in [4.78, 5) is 0.303. The third-order valence-electron chi connectivity index (χ3n) is 3.38. The maximum Gasteiger partial charge on any atom is 0.242 e. The Labute approximate surface area is 108 Å². The lowest BCUT2D eigenvalue weighted by molar-refractivity contribution is 0.572. The third-order valence-corrected chi connectivity index (χ3v) is 4.81. The molecule has 3 N–H and O–H groups in total. The van der Waals surface area contributed by atoms with Gasteiger partial charge in [0.15, 0.2) is 0 Å². The van der Waals surface area contributed by atoms with Crippen LogP contribution in [0.15, 0.2) is 17.2 Å². The molecular formula is C12H21N3O2S. The Bertz CT molecular complexity index is 503. The minimum atomic E-state index is -3.38. The molecule has 1 aromatic heterocycles. The summed E-state index contributed by atoms with van der Waals surface area (Å²) in [6, 6.07) is 1.63. The normalized spacial score (nSPS) is 16.1. The summed E-state index contributed by atoms with van der Waals surface area (Å²) in [5, 5.41) is 0. The van der Waals surface area contributed by atoms with Gasteiger partial charge in [0.2, 0.25) is 10.0 Å². The maximum absolute atomic E-state index is 12.0. The first-order valence-electron chi connectivity index (χ1n) is 6.38. The molecule has 0 amide bonds. The Morgan fingerprint density at radius 3 is 2.78 bits per heavy atom. The van der Waals surface area contributed by atoms with E-state index >= 15 is 0 Å². The van der Waals surface area contributed by atoms with E-state index in [0.29, 0.717) is 18.0 Å². The highest BCUT2D eigenvalue weighted by Gasteiger charge is 2.21. The second-order valence-corrected chi connectivity index (χ2v) is 6.73. The van der Waals surface area contributed by atoms with Crippen LogP contribution >= 0.6 is 0 Å². The van der Waals surface area contributed by atoms with Crippen LogP contribution in [0, 0.1) is 5.92 Å². The van der Waals surface area contributed by atoms with Crippen LogP contribution < -0.4 is 10.5 Å². The molecule has 0 radical (unpaired) electrons. The highest BCUT2D eigenvalue weighted by atomic mass is 32.2. The average Bonchev–Trinajstić information content (AvgIpc) is 3.06. The van der Waals surface area contributed by atoms with Crippen LogP contribution in [0.2, 0.25) is 0 Å². The number of rotatable bonds is 7. The molecule has 0 aromatic carbocycles. The van der Waals surface area contributed by atoms with Gasteiger partial charge in [0, 0.05) is 32.0 Å². The number of nitrogens with zero attached hydrogens (tertiary/aromatic N) is 1. The van der Waals surface area contributed by atoms with Gasteiger partial charge in [0.25, 0.3) is 0 Å². The van der Waals surface area contributed by atoms with Crippen LogP contribution in [-0.4, -0.2) is 19.5 Å². The van der Waals surface area contributed by atoms with E-state index < -0.39 is 10.0 Å². The van der Waals surface area contributed by atoms with Crippen molar-refractivity contribution in [2.45, 2.75) is 37.1 Å². The minimum absolute atomic E-state index is 0.303. The van der Waals surface area contributed by atoms with Gasteiger partial charge in [0.1, 0.15) is 0 Å². The average molecular weight is 271 g/mol. The van der Waals surface area contributed by atoms with Gasteiger partial charge in [-0.3, -0.25) is 0 Å². The van der Waals surface area contributed by atoms with Crippen LogP contribution in [0.25, 0.3) is 0 Å². The van der Waals surface area contributed by atoms with Gasteiger partial charge in [0.05, 0.1) is 4.90 Å². The standard InChI is InChI=1S/C12H21N3O2S/c1-15-9-12(7-11(15)8-13)18(16,17)14-6-2-3-10-4-5-10/h7,9-10,14H,2-6,8,13H2,1H3. The molecule has 6 heteroatoms. The van der Waals surface area contributed by atoms with Crippen molar-refractivity contribution in [3.05, 3.63) is 18.0 Å². The maximum atomic E-state index is 12.0. The number of aromatic nitrogens is 1.